The quantitative estimate of drug-likeness (QED) is 0.615. The molecule has 2 bridgehead atoms. The Balaban J connectivity index is 1.62. The second-order valence-corrected chi connectivity index (χ2v) is 6.26. The summed E-state index contributed by atoms with van der Waals surface area (Å²) in [4.78, 5) is 11.5. The van der Waals surface area contributed by atoms with Gasteiger partial charge in [-0.2, -0.15) is 0 Å². The summed E-state index contributed by atoms with van der Waals surface area (Å²) < 4.78 is 5.42. The molecule has 3 rings (SSSR count). The van der Waals surface area contributed by atoms with Crippen LogP contribution in [0.2, 0.25) is 0 Å². The molecule has 0 aliphatic heterocycles. The van der Waals surface area contributed by atoms with Crippen molar-refractivity contribution in [2.24, 2.45) is 23.2 Å². The molecule has 0 amide bonds. The SMILES string of the molecule is O=C(C=CCO)OCC12CCC(C1)C1CCCC12. The standard InChI is InChI=1S/C15H22O3/c16-8-2-5-14(17)18-10-15-7-6-11(9-15)12-3-1-4-13(12)15/h2,5,11-13,16H,1,3-4,6-10H2. The molecule has 0 aromatic heterocycles. The Morgan fingerprint density at radius 3 is 3.11 bits per heavy atom. The van der Waals surface area contributed by atoms with Crippen LogP contribution in [0.1, 0.15) is 38.5 Å². The van der Waals surface area contributed by atoms with E-state index in [1.54, 1.807) is 0 Å². The molecule has 0 radical (unpaired) electrons. The number of aliphatic hydroxyl groups is 1. The Hall–Kier alpha value is -0.830. The number of esters is 1. The van der Waals surface area contributed by atoms with E-state index in [1.807, 2.05) is 0 Å². The number of carbonyl (C=O) groups excluding carboxylic acids is 1. The Morgan fingerprint density at radius 2 is 2.28 bits per heavy atom. The second kappa shape index (κ2) is 4.69. The van der Waals surface area contributed by atoms with Crippen LogP contribution in [0.25, 0.3) is 0 Å². The van der Waals surface area contributed by atoms with E-state index < -0.39 is 0 Å². The van der Waals surface area contributed by atoms with Crippen molar-refractivity contribution in [1.29, 1.82) is 0 Å². The normalized spacial score (nSPS) is 41.5. The van der Waals surface area contributed by atoms with Crippen molar-refractivity contribution in [2.45, 2.75) is 38.5 Å². The Kier molecular flexibility index (Phi) is 3.18. The molecule has 4 unspecified atom stereocenters. The Labute approximate surface area is 108 Å². The summed E-state index contributed by atoms with van der Waals surface area (Å²) in [5.41, 5.74) is 0.300. The van der Waals surface area contributed by atoms with Crippen LogP contribution in [0, 0.1) is 23.2 Å². The van der Waals surface area contributed by atoms with Gasteiger partial charge in [0, 0.05) is 11.5 Å². The van der Waals surface area contributed by atoms with Crippen LogP contribution in [-0.2, 0) is 9.53 Å². The number of rotatable bonds is 4. The zero-order chi connectivity index (χ0) is 12.6. The fourth-order valence-electron chi connectivity index (χ4n) is 4.86. The highest BCUT2D eigenvalue weighted by molar-refractivity contribution is 5.81. The minimum absolute atomic E-state index is 0.104. The smallest absolute Gasteiger partial charge is 0.330 e. The van der Waals surface area contributed by atoms with E-state index in [0.29, 0.717) is 12.0 Å². The van der Waals surface area contributed by atoms with Gasteiger partial charge in [-0.1, -0.05) is 12.5 Å². The maximum Gasteiger partial charge on any atom is 0.330 e. The molecule has 3 nitrogen and oxygen atoms in total. The maximum atomic E-state index is 11.5. The number of hydrogen-bond donors (Lipinski definition) is 1. The molecule has 0 heterocycles. The Morgan fingerprint density at radius 1 is 1.39 bits per heavy atom. The lowest BCUT2D eigenvalue weighted by atomic mass is 9.72. The van der Waals surface area contributed by atoms with E-state index in [1.165, 1.54) is 50.7 Å². The molecule has 3 saturated carbocycles. The van der Waals surface area contributed by atoms with Gasteiger partial charge in [0.1, 0.15) is 0 Å². The minimum atomic E-state index is -0.302. The van der Waals surface area contributed by atoms with Gasteiger partial charge < -0.3 is 9.84 Å². The summed E-state index contributed by atoms with van der Waals surface area (Å²) in [5, 5.41) is 8.63. The highest BCUT2D eigenvalue weighted by Gasteiger charge is 2.59. The first-order chi connectivity index (χ1) is 8.75. The number of hydrogen-bond acceptors (Lipinski definition) is 3. The van der Waals surface area contributed by atoms with Crippen molar-refractivity contribution in [3.05, 3.63) is 12.2 Å². The predicted molar refractivity (Wildman–Crippen MR) is 67.8 cm³/mol. The van der Waals surface area contributed by atoms with Gasteiger partial charge in [0.15, 0.2) is 0 Å². The first kappa shape index (κ1) is 12.2. The fourth-order valence-corrected chi connectivity index (χ4v) is 4.86. The average molecular weight is 250 g/mol. The first-order valence-corrected chi connectivity index (χ1v) is 7.19. The van der Waals surface area contributed by atoms with Crippen molar-refractivity contribution < 1.29 is 14.6 Å². The minimum Gasteiger partial charge on any atom is -0.462 e. The van der Waals surface area contributed by atoms with E-state index in [-0.39, 0.29) is 12.6 Å². The number of carbonyl (C=O) groups is 1. The molecule has 1 N–H and O–H groups in total. The van der Waals surface area contributed by atoms with Crippen LogP contribution in [0.4, 0.5) is 0 Å². The van der Waals surface area contributed by atoms with Crippen LogP contribution in [0.15, 0.2) is 12.2 Å². The lowest BCUT2D eigenvalue weighted by Gasteiger charge is -2.35. The highest BCUT2D eigenvalue weighted by atomic mass is 16.5. The van der Waals surface area contributed by atoms with Gasteiger partial charge in [0.2, 0.25) is 0 Å². The van der Waals surface area contributed by atoms with Gasteiger partial charge in [0.05, 0.1) is 13.2 Å². The molecule has 3 fully saturated rings. The molecule has 3 aliphatic carbocycles. The van der Waals surface area contributed by atoms with Gasteiger partial charge in [-0.3, -0.25) is 0 Å². The third-order valence-electron chi connectivity index (χ3n) is 5.50. The van der Waals surface area contributed by atoms with Gasteiger partial charge in [0.25, 0.3) is 0 Å². The summed E-state index contributed by atoms with van der Waals surface area (Å²) in [6.07, 6.45) is 10.7. The summed E-state index contributed by atoms with van der Waals surface area (Å²) in [5.74, 6) is 2.34. The Bertz CT molecular complexity index is 363. The topological polar surface area (TPSA) is 46.5 Å². The second-order valence-electron chi connectivity index (χ2n) is 6.26. The number of aliphatic hydroxyl groups excluding tert-OH is 1. The molecule has 0 aromatic rings. The van der Waals surface area contributed by atoms with Crippen LogP contribution in [0.3, 0.4) is 0 Å². The molecule has 3 aliphatic rings. The molecule has 100 valence electrons. The maximum absolute atomic E-state index is 11.5. The van der Waals surface area contributed by atoms with E-state index in [4.69, 9.17) is 9.84 Å². The molecule has 0 saturated heterocycles. The zero-order valence-electron chi connectivity index (χ0n) is 10.8. The molecule has 0 spiro atoms. The van der Waals surface area contributed by atoms with Crippen molar-refractivity contribution in [2.75, 3.05) is 13.2 Å². The zero-order valence-corrected chi connectivity index (χ0v) is 10.8. The molecular weight excluding hydrogens is 228 g/mol. The van der Waals surface area contributed by atoms with E-state index in [2.05, 4.69) is 0 Å². The molecule has 4 atom stereocenters. The van der Waals surface area contributed by atoms with Crippen LogP contribution < -0.4 is 0 Å². The molecule has 0 aromatic carbocycles. The fraction of sp³-hybridized carbons (Fsp3) is 0.800. The van der Waals surface area contributed by atoms with E-state index in [0.717, 1.165) is 17.8 Å². The van der Waals surface area contributed by atoms with Crippen molar-refractivity contribution in [3.63, 3.8) is 0 Å². The van der Waals surface area contributed by atoms with Crippen LogP contribution >= 0.6 is 0 Å². The van der Waals surface area contributed by atoms with Gasteiger partial charge in [-0.25, -0.2) is 4.79 Å². The van der Waals surface area contributed by atoms with E-state index >= 15 is 0 Å². The first-order valence-electron chi connectivity index (χ1n) is 7.19. The third kappa shape index (κ3) is 1.89. The largest absolute Gasteiger partial charge is 0.462 e. The highest BCUT2D eigenvalue weighted by Crippen LogP contribution is 2.65. The summed E-state index contributed by atoms with van der Waals surface area (Å²) in [6.45, 7) is 0.492. The average Bonchev–Trinajstić information content (AvgIpc) is 3.05. The van der Waals surface area contributed by atoms with Crippen LogP contribution in [0.5, 0.6) is 0 Å². The summed E-state index contributed by atoms with van der Waals surface area (Å²) >= 11 is 0. The third-order valence-corrected chi connectivity index (χ3v) is 5.50. The van der Waals surface area contributed by atoms with Gasteiger partial charge in [-0.05, 0) is 49.9 Å². The number of ether oxygens (including phenoxy) is 1. The van der Waals surface area contributed by atoms with Crippen LogP contribution in [-0.4, -0.2) is 24.3 Å². The van der Waals surface area contributed by atoms with Crippen molar-refractivity contribution >= 4 is 5.97 Å². The lowest BCUT2D eigenvalue weighted by molar-refractivity contribution is -0.142. The molecule has 3 heteroatoms. The van der Waals surface area contributed by atoms with Crippen molar-refractivity contribution in [3.8, 4) is 0 Å². The molecular formula is C15H22O3. The molecule has 18 heavy (non-hydrogen) atoms. The van der Waals surface area contributed by atoms with E-state index in [9.17, 15) is 4.79 Å². The van der Waals surface area contributed by atoms with Gasteiger partial charge in [-0.15, -0.1) is 0 Å². The van der Waals surface area contributed by atoms with Crippen molar-refractivity contribution in [1.82, 2.24) is 0 Å². The predicted octanol–water partition coefficient (Wildman–Crippen LogP) is 2.29. The summed E-state index contributed by atoms with van der Waals surface area (Å²) in [7, 11) is 0. The summed E-state index contributed by atoms with van der Waals surface area (Å²) in [6, 6.07) is 0. The van der Waals surface area contributed by atoms with Gasteiger partial charge >= 0.3 is 5.97 Å². The monoisotopic (exact) mass is 250 g/mol. The number of fused-ring (bicyclic) bond motifs is 5. The lowest BCUT2D eigenvalue weighted by Crippen LogP contribution is -2.33.